The molecular formula is C14H14N4O4. The van der Waals surface area contributed by atoms with Gasteiger partial charge in [-0.1, -0.05) is 18.2 Å². The van der Waals surface area contributed by atoms with Gasteiger partial charge in [-0.15, -0.1) is 5.11 Å². The summed E-state index contributed by atoms with van der Waals surface area (Å²) in [6.45, 7) is 0. The highest BCUT2D eigenvalue weighted by Gasteiger charge is 2.27. The fraction of sp³-hybridized carbons (Fsp3) is 0.143. The van der Waals surface area contributed by atoms with E-state index in [1.165, 1.54) is 20.3 Å². The molecule has 0 heterocycles. The molecule has 0 spiro atoms. The molecule has 0 atom stereocenters. The number of anilines is 1. The number of nitrogen functional groups attached to an aromatic ring is 1. The lowest BCUT2D eigenvalue weighted by atomic mass is 10.2. The van der Waals surface area contributed by atoms with Gasteiger partial charge in [-0.2, -0.15) is 5.11 Å². The molecule has 8 nitrogen and oxygen atoms in total. The van der Waals surface area contributed by atoms with Crippen LogP contribution in [0.2, 0.25) is 0 Å². The smallest absolute Gasteiger partial charge is 0.339 e. The molecule has 8 heteroatoms. The first-order chi connectivity index (χ1) is 10.6. The van der Waals surface area contributed by atoms with Gasteiger partial charge in [-0.25, -0.2) is 0 Å². The van der Waals surface area contributed by atoms with Gasteiger partial charge in [-0.05, 0) is 12.1 Å². The van der Waals surface area contributed by atoms with Gasteiger partial charge in [0.1, 0.15) is 5.69 Å². The summed E-state index contributed by atoms with van der Waals surface area (Å²) in [6, 6.07) is 10.4. The van der Waals surface area contributed by atoms with Crippen molar-refractivity contribution in [2.75, 3.05) is 20.0 Å². The van der Waals surface area contributed by atoms with Gasteiger partial charge in [0.05, 0.1) is 24.8 Å². The van der Waals surface area contributed by atoms with Gasteiger partial charge in [0.25, 0.3) is 0 Å². The fourth-order valence-electron chi connectivity index (χ4n) is 1.86. The minimum absolute atomic E-state index is 0.0667. The van der Waals surface area contributed by atoms with Crippen molar-refractivity contribution in [3.63, 3.8) is 0 Å². The lowest BCUT2D eigenvalue weighted by Gasteiger charge is -2.10. The lowest BCUT2D eigenvalue weighted by Crippen LogP contribution is -2.01. The Balaban J connectivity index is 2.57. The van der Waals surface area contributed by atoms with Crippen molar-refractivity contribution in [3.05, 3.63) is 46.5 Å². The molecular weight excluding hydrogens is 288 g/mol. The van der Waals surface area contributed by atoms with E-state index in [1.54, 1.807) is 24.3 Å². The van der Waals surface area contributed by atoms with E-state index in [2.05, 4.69) is 10.2 Å². The summed E-state index contributed by atoms with van der Waals surface area (Å²) in [5, 5.41) is 19.2. The molecule has 0 saturated carbocycles. The maximum absolute atomic E-state index is 11.2. The fourth-order valence-corrected chi connectivity index (χ4v) is 1.86. The first-order valence-corrected chi connectivity index (χ1v) is 6.24. The van der Waals surface area contributed by atoms with Gasteiger partial charge >= 0.3 is 5.69 Å². The molecule has 0 saturated heterocycles. The van der Waals surface area contributed by atoms with Crippen LogP contribution in [0.4, 0.5) is 22.7 Å². The SMILES string of the molecule is COc1cc(N=Nc2ccccc2)c(OC)c([N+](=O)[O-])c1N. The summed E-state index contributed by atoms with van der Waals surface area (Å²) in [6.07, 6.45) is 0. The third-order valence-electron chi connectivity index (χ3n) is 2.87. The second-order valence-corrected chi connectivity index (χ2v) is 4.19. The Hall–Kier alpha value is -3.16. The molecule has 0 aromatic heterocycles. The number of nitrogens with two attached hydrogens (primary N) is 1. The predicted octanol–water partition coefficient (Wildman–Crippen LogP) is 3.61. The van der Waals surface area contributed by atoms with Crippen LogP contribution in [0.3, 0.4) is 0 Å². The number of azo groups is 1. The second-order valence-electron chi connectivity index (χ2n) is 4.19. The van der Waals surface area contributed by atoms with Crippen molar-refractivity contribution in [2.24, 2.45) is 10.2 Å². The number of benzene rings is 2. The molecule has 0 fully saturated rings. The van der Waals surface area contributed by atoms with E-state index in [9.17, 15) is 10.1 Å². The van der Waals surface area contributed by atoms with E-state index >= 15 is 0 Å². The van der Waals surface area contributed by atoms with Crippen molar-refractivity contribution in [1.29, 1.82) is 0 Å². The van der Waals surface area contributed by atoms with Crippen LogP contribution in [-0.2, 0) is 0 Å². The van der Waals surface area contributed by atoms with Crippen molar-refractivity contribution < 1.29 is 14.4 Å². The van der Waals surface area contributed by atoms with Crippen molar-refractivity contribution >= 4 is 22.7 Å². The molecule has 0 radical (unpaired) electrons. The second kappa shape index (κ2) is 6.53. The first kappa shape index (κ1) is 15.2. The number of ether oxygens (including phenoxy) is 2. The zero-order chi connectivity index (χ0) is 16.1. The van der Waals surface area contributed by atoms with Crippen LogP contribution in [0.1, 0.15) is 0 Å². The molecule has 0 aliphatic heterocycles. The number of methoxy groups -OCH3 is 2. The molecule has 2 rings (SSSR count). The zero-order valence-corrected chi connectivity index (χ0v) is 12.0. The average Bonchev–Trinajstić information content (AvgIpc) is 2.53. The molecule has 2 aromatic rings. The maximum atomic E-state index is 11.2. The quantitative estimate of drug-likeness (QED) is 0.392. The number of hydrogen-bond acceptors (Lipinski definition) is 7. The third kappa shape index (κ3) is 2.95. The van der Waals surface area contributed by atoms with E-state index in [1.807, 2.05) is 6.07 Å². The van der Waals surface area contributed by atoms with Crippen LogP contribution in [0.5, 0.6) is 11.5 Å². The molecule has 0 unspecified atom stereocenters. The number of nitro groups is 1. The van der Waals surface area contributed by atoms with Crippen LogP contribution in [0.15, 0.2) is 46.6 Å². The lowest BCUT2D eigenvalue weighted by molar-refractivity contribution is -0.384. The Labute approximate surface area is 126 Å². The van der Waals surface area contributed by atoms with Crippen molar-refractivity contribution in [2.45, 2.75) is 0 Å². The van der Waals surface area contributed by atoms with Crippen LogP contribution < -0.4 is 15.2 Å². The highest BCUT2D eigenvalue weighted by molar-refractivity contribution is 5.80. The van der Waals surface area contributed by atoms with Gasteiger partial charge in [0, 0.05) is 6.07 Å². The molecule has 0 amide bonds. The van der Waals surface area contributed by atoms with Crippen LogP contribution >= 0.6 is 0 Å². The van der Waals surface area contributed by atoms with Crippen LogP contribution in [0.25, 0.3) is 0 Å². The number of rotatable bonds is 5. The van der Waals surface area contributed by atoms with E-state index < -0.39 is 10.6 Å². The largest absolute Gasteiger partial charge is 0.494 e. The topological polar surface area (TPSA) is 112 Å². The Morgan fingerprint density at radius 3 is 2.36 bits per heavy atom. The Bertz CT molecular complexity index is 717. The number of hydrogen-bond donors (Lipinski definition) is 1. The number of nitrogens with zero attached hydrogens (tertiary/aromatic N) is 3. The molecule has 114 valence electrons. The number of nitro benzene ring substituents is 1. The van der Waals surface area contributed by atoms with Gasteiger partial charge in [0.15, 0.2) is 11.4 Å². The zero-order valence-electron chi connectivity index (χ0n) is 12.0. The summed E-state index contributed by atoms with van der Waals surface area (Å²) in [4.78, 5) is 10.6. The molecule has 0 aliphatic carbocycles. The molecule has 2 aromatic carbocycles. The summed E-state index contributed by atoms with van der Waals surface area (Å²) < 4.78 is 10.1. The monoisotopic (exact) mass is 302 g/mol. The summed E-state index contributed by atoms with van der Waals surface area (Å²) in [5.41, 5.74) is 5.96. The molecule has 0 bridgehead atoms. The minimum atomic E-state index is -0.641. The van der Waals surface area contributed by atoms with Crippen LogP contribution in [-0.4, -0.2) is 19.1 Å². The average molecular weight is 302 g/mol. The standard InChI is InChI=1S/C14H14N4O4/c1-21-11-8-10(17-16-9-6-4-3-5-7-9)14(22-2)13(12(11)15)18(19)20/h3-8H,15H2,1-2H3. The normalized spacial score (nSPS) is 10.6. The Morgan fingerprint density at radius 1 is 1.14 bits per heavy atom. The van der Waals surface area contributed by atoms with Crippen molar-refractivity contribution in [1.82, 2.24) is 0 Å². The van der Waals surface area contributed by atoms with E-state index in [4.69, 9.17) is 15.2 Å². The van der Waals surface area contributed by atoms with Gasteiger partial charge < -0.3 is 15.2 Å². The molecule has 22 heavy (non-hydrogen) atoms. The summed E-state index contributed by atoms with van der Waals surface area (Å²) in [7, 11) is 2.66. The van der Waals surface area contributed by atoms with Gasteiger partial charge in [0.2, 0.25) is 5.75 Å². The Morgan fingerprint density at radius 2 is 1.82 bits per heavy atom. The van der Waals surface area contributed by atoms with Gasteiger partial charge in [-0.3, -0.25) is 10.1 Å². The van der Waals surface area contributed by atoms with Crippen molar-refractivity contribution in [3.8, 4) is 11.5 Å². The minimum Gasteiger partial charge on any atom is -0.494 e. The van der Waals surface area contributed by atoms with E-state index in [-0.39, 0.29) is 22.9 Å². The predicted molar refractivity (Wildman–Crippen MR) is 81.2 cm³/mol. The van der Waals surface area contributed by atoms with Crippen LogP contribution in [0, 0.1) is 10.1 Å². The summed E-state index contributed by atoms with van der Waals surface area (Å²) >= 11 is 0. The first-order valence-electron chi connectivity index (χ1n) is 6.24. The summed E-state index contributed by atoms with van der Waals surface area (Å²) in [5.74, 6) is 0.0671. The third-order valence-corrected chi connectivity index (χ3v) is 2.87. The maximum Gasteiger partial charge on any atom is 0.339 e. The highest BCUT2D eigenvalue weighted by Crippen LogP contribution is 2.46. The molecule has 2 N–H and O–H groups in total. The van der Waals surface area contributed by atoms with E-state index in [0.717, 1.165) is 0 Å². The molecule has 0 aliphatic rings. The van der Waals surface area contributed by atoms with E-state index in [0.29, 0.717) is 5.69 Å². The highest BCUT2D eigenvalue weighted by atomic mass is 16.6. The Kier molecular flexibility index (Phi) is 4.52.